The third-order valence-corrected chi connectivity index (χ3v) is 3.55. The van der Waals surface area contributed by atoms with E-state index in [9.17, 15) is 4.79 Å². The Morgan fingerprint density at radius 3 is 2.81 bits per heavy atom. The predicted molar refractivity (Wildman–Crippen MR) is 72.4 cm³/mol. The molecule has 1 aromatic carbocycles. The highest BCUT2D eigenvalue weighted by molar-refractivity contribution is 14.1. The van der Waals surface area contributed by atoms with Crippen LogP contribution in [-0.2, 0) is 0 Å². The molecule has 2 rings (SSSR count). The minimum atomic E-state index is -0.429. The summed E-state index contributed by atoms with van der Waals surface area (Å²) in [6, 6.07) is 5.33. The van der Waals surface area contributed by atoms with Crippen molar-refractivity contribution < 1.29 is 4.79 Å². The normalized spacial score (nSPS) is 16.3. The summed E-state index contributed by atoms with van der Waals surface area (Å²) < 4.78 is 0.970. The summed E-state index contributed by atoms with van der Waals surface area (Å²) in [6.45, 7) is 0. The van der Waals surface area contributed by atoms with Gasteiger partial charge in [-0.1, -0.05) is 17.5 Å². The Hall–Kier alpha value is -0.730. The van der Waals surface area contributed by atoms with Crippen LogP contribution < -0.4 is 5.32 Å². The fourth-order valence-electron chi connectivity index (χ4n) is 1.39. The number of terminal acetylenes is 1. The molecule has 0 unspecified atom stereocenters. The van der Waals surface area contributed by atoms with Gasteiger partial charge in [-0.15, -0.1) is 6.42 Å². The van der Waals surface area contributed by atoms with Crippen LogP contribution in [0.4, 0.5) is 0 Å². The first-order chi connectivity index (χ1) is 7.56. The first-order valence-electron chi connectivity index (χ1n) is 4.82. The quantitative estimate of drug-likeness (QED) is 0.648. The van der Waals surface area contributed by atoms with Gasteiger partial charge in [-0.05, 0) is 53.6 Å². The lowest BCUT2D eigenvalue weighted by molar-refractivity contribution is 0.0942. The van der Waals surface area contributed by atoms with E-state index in [1.165, 1.54) is 0 Å². The maximum atomic E-state index is 11.9. The zero-order chi connectivity index (χ0) is 11.8. The number of carbonyl (C=O) groups excluding carboxylic acids is 1. The molecule has 0 radical (unpaired) electrons. The van der Waals surface area contributed by atoms with Crippen molar-refractivity contribution in [2.75, 3.05) is 0 Å². The smallest absolute Gasteiger partial charge is 0.254 e. The Labute approximate surface area is 113 Å². The maximum Gasteiger partial charge on any atom is 0.254 e. The molecule has 1 aliphatic carbocycles. The summed E-state index contributed by atoms with van der Waals surface area (Å²) in [4.78, 5) is 11.9. The molecule has 1 N–H and O–H groups in total. The highest BCUT2D eigenvalue weighted by Gasteiger charge is 2.42. The fourth-order valence-corrected chi connectivity index (χ4v) is 2.08. The second kappa shape index (κ2) is 4.27. The summed E-state index contributed by atoms with van der Waals surface area (Å²) in [7, 11) is 0. The molecule has 1 saturated carbocycles. The van der Waals surface area contributed by atoms with Crippen molar-refractivity contribution in [1.82, 2.24) is 5.32 Å². The molecule has 16 heavy (non-hydrogen) atoms. The number of hydrogen-bond acceptors (Lipinski definition) is 1. The van der Waals surface area contributed by atoms with E-state index in [-0.39, 0.29) is 5.91 Å². The van der Waals surface area contributed by atoms with Crippen molar-refractivity contribution in [3.05, 3.63) is 32.4 Å². The van der Waals surface area contributed by atoms with E-state index in [1.54, 1.807) is 12.1 Å². The third kappa shape index (κ3) is 2.33. The fraction of sp³-hybridized carbons (Fsp3) is 0.250. The molecule has 1 aliphatic rings. The summed E-state index contributed by atoms with van der Waals surface area (Å²) in [6.07, 6.45) is 7.05. The minimum absolute atomic E-state index is 0.195. The topological polar surface area (TPSA) is 29.1 Å². The van der Waals surface area contributed by atoms with E-state index in [0.717, 1.165) is 16.4 Å². The average Bonchev–Trinajstić information content (AvgIpc) is 3.02. The summed E-state index contributed by atoms with van der Waals surface area (Å²) >= 11 is 8.11. The molecule has 4 heteroatoms. The standard InChI is InChI=1S/C12H9ClINO/c1-2-12(5-6-12)15-11(16)9-7-8(14)3-4-10(9)13/h1,3-4,7H,5-6H2,(H,15,16). The van der Waals surface area contributed by atoms with Crippen LogP contribution in [0.1, 0.15) is 23.2 Å². The number of halogens is 2. The van der Waals surface area contributed by atoms with Crippen LogP contribution in [0.2, 0.25) is 5.02 Å². The molecular formula is C12H9ClINO. The van der Waals surface area contributed by atoms with Gasteiger partial charge >= 0.3 is 0 Å². The number of carbonyl (C=O) groups is 1. The molecule has 1 aromatic rings. The largest absolute Gasteiger partial charge is 0.336 e. The van der Waals surface area contributed by atoms with Crippen molar-refractivity contribution >= 4 is 40.1 Å². The number of hydrogen-bond donors (Lipinski definition) is 1. The number of amides is 1. The van der Waals surface area contributed by atoms with Gasteiger partial charge in [-0.2, -0.15) is 0 Å². The van der Waals surface area contributed by atoms with Gasteiger partial charge in [0.2, 0.25) is 0 Å². The molecule has 1 amide bonds. The van der Waals surface area contributed by atoms with Crippen LogP contribution in [-0.4, -0.2) is 11.4 Å². The Kier molecular flexibility index (Phi) is 3.13. The Balaban J connectivity index is 2.22. The van der Waals surface area contributed by atoms with Crippen molar-refractivity contribution in [1.29, 1.82) is 0 Å². The zero-order valence-electron chi connectivity index (χ0n) is 8.39. The highest BCUT2D eigenvalue weighted by atomic mass is 127. The Morgan fingerprint density at radius 1 is 1.56 bits per heavy atom. The van der Waals surface area contributed by atoms with Crippen molar-refractivity contribution in [2.45, 2.75) is 18.4 Å². The molecule has 82 valence electrons. The SMILES string of the molecule is C#CC1(NC(=O)c2cc(I)ccc2Cl)CC1. The van der Waals surface area contributed by atoms with E-state index in [1.807, 2.05) is 6.07 Å². The summed E-state index contributed by atoms with van der Waals surface area (Å²) in [5.74, 6) is 2.41. The molecule has 0 heterocycles. The highest BCUT2D eigenvalue weighted by Crippen LogP contribution is 2.35. The van der Waals surface area contributed by atoms with Gasteiger partial charge < -0.3 is 5.32 Å². The molecule has 0 bridgehead atoms. The molecule has 1 fully saturated rings. The van der Waals surface area contributed by atoms with E-state index in [4.69, 9.17) is 18.0 Å². The van der Waals surface area contributed by atoms with Crippen LogP contribution in [0.15, 0.2) is 18.2 Å². The van der Waals surface area contributed by atoms with Crippen LogP contribution >= 0.6 is 34.2 Å². The Morgan fingerprint density at radius 2 is 2.25 bits per heavy atom. The summed E-state index contributed by atoms with van der Waals surface area (Å²) in [5.41, 5.74) is 0.0527. The van der Waals surface area contributed by atoms with Gasteiger partial charge in [-0.3, -0.25) is 4.79 Å². The molecule has 0 aromatic heterocycles. The number of benzene rings is 1. The van der Waals surface area contributed by atoms with E-state index in [2.05, 4.69) is 33.8 Å². The molecule has 0 aliphatic heterocycles. The minimum Gasteiger partial charge on any atom is -0.336 e. The van der Waals surface area contributed by atoms with Gasteiger partial charge in [0, 0.05) is 3.57 Å². The van der Waals surface area contributed by atoms with Gasteiger partial charge in [-0.25, -0.2) is 0 Å². The lowest BCUT2D eigenvalue weighted by Gasteiger charge is -2.11. The van der Waals surface area contributed by atoms with Gasteiger partial charge in [0.15, 0.2) is 0 Å². The van der Waals surface area contributed by atoms with Crippen LogP contribution in [0.25, 0.3) is 0 Å². The third-order valence-electron chi connectivity index (χ3n) is 2.55. The van der Waals surface area contributed by atoms with Crippen LogP contribution in [0.3, 0.4) is 0 Å². The maximum absolute atomic E-state index is 11.9. The van der Waals surface area contributed by atoms with E-state index < -0.39 is 5.54 Å². The second-order valence-corrected chi connectivity index (χ2v) is 5.46. The van der Waals surface area contributed by atoms with E-state index >= 15 is 0 Å². The molecule has 0 spiro atoms. The predicted octanol–water partition coefficient (Wildman–Crippen LogP) is 2.84. The first-order valence-corrected chi connectivity index (χ1v) is 6.27. The van der Waals surface area contributed by atoms with Crippen LogP contribution in [0.5, 0.6) is 0 Å². The lowest BCUT2D eigenvalue weighted by atomic mass is 10.2. The van der Waals surface area contributed by atoms with Crippen molar-refractivity contribution in [3.63, 3.8) is 0 Å². The summed E-state index contributed by atoms with van der Waals surface area (Å²) in [5, 5.41) is 3.29. The monoisotopic (exact) mass is 345 g/mol. The van der Waals surface area contributed by atoms with Crippen molar-refractivity contribution in [2.24, 2.45) is 0 Å². The van der Waals surface area contributed by atoms with Gasteiger partial charge in [0.05, 0.1) is 10.6 Å². The molecular weight excluding hydrogens is 336 g/mol. The average molecular weight is 346 g/mol. The lowest BCUT2D eigenvalue weighted by Crippen LogP contribution is -2.35. The molecule has 0 saturated heterocycles. The molecule has 2 nitrogen and oxygen atoms in total. The van der Waals surface area contributed by atoms with E-state index in [0.29, 0.717) is 10.6 Å². The Bertz CT molecular complexity index is 488. The van der Waals surface area contributed by atoms with Crippen molar-refractivity contribution in [3.8, 4) is 12.3 Å². The van der Waals surface area contributed by atoms with Crippen LogP contribution in [0, 0.1) is 15.9 Å². The van der Waals surface area contributed by atoms with Gasteiger partial charge in [0.25, 0.3) is 5.91 Å². The second-order valence-electron chi connectivity index (χ2n) is 3.80. The first kappa shape index (κ1) is 11.7. The zero-order valence-corrected chi connectivity index (χ0v) is 11.3. The number of rotatable bonds is 2. The molecule has 0 atom stereocenters. The van der Waals surface area contributed by atoms with Gasteiger partial charge in [0.1, 0.15) is 5.54 Å². The number of nitrogens with one attached hydrogen (secondary N) is 1.